The molecule has 3 rings (SSSR count). The van der Waals surface area contributed by atoms with Crippen molar-refractivity contribution in [2.75, 3.05) is 21.3 Å². The van der Waals surface area contributed by atoms with Crippen molar-refractivity contribution < 1.29 is 24.1 Å². The fourth-order valence-electron chi connectivity index (χ4n) is 3.60. The van der Waals surface area contributed by atoms with E-state index in [1.54, 1.807) is 21.3 Å². The molecule has 0 saturated heterocycles. The number of carboxylic acid groups (broad SMARTS) is 1. The number of methoxy groups -OCH3 is 3. The van der Waals surface area contributed by atoms with Gasteiger partial charge in [-0.2, -0.15) is 0 Å². The summed E-state index contributed by atoms with van der Waals surface area (Å²) in [6.07, 6.45) is 3.16. The minimum Gasteiger partial charge on any atom is -0.496 e. The number of rotatable bonds is 5. The van der Waals surface area contributed by atoms with Gasteiger partial charge in [0.2, 0.25) is 0 Å². The lowest BCUT2D eigenvalue weighted by Crippen LogP contribution is -2.09. The lowest BCUT2D eigenvalue weighted by atomic mass is 9.85. The van der Waals surface area contributed by atoms with E-state index < -0.39 is 5.97 Å². The van der Waals surface area contributed by atoms with E-state index >= 15 is 0 Å². The fourth-order valence-corrected chi connectivity index (χ4v) is 3.60. The Hall–Kier alpha value is -2.69. The molecule has 5 nitrogen and oxygen atoms in total. The molecule has 25 heavy (non-hydrogen) atoms. The molecule has 0 unspecified atom stereocenters. The van der Waals surface area contributed by atoms with Gasteiger partial charge in [0.15, 0.2) is 0 Å². The molecule has 0 aromatic heterocycles. The summed E-state index contributed by atoms with van der Waals surface area (Å²) >= 11 is 0. The van der Waals surface area contributed by atoms with Crippen molar-refractivity contribution >= 4 is 22.3 Å². The molecule has 0 amide bonds. The van der Waals surface area contributed by atoms with Crippen LogP contribution in [0.25, 0.3) is 16.3 Å². The van der Waals surface area contributed by atoms with Crippen LogP contribution in [-0.2, 0) is 4.79 Å². The third-order valence-corrected chi connectivity index (χ3v) is 4.73. The number of hydrogen-bond donors (Lipinski definition) is 1. The first kappa shape index (κ1) is 17.1. The van der Waals surface area contributed by atoms with Gasteiger partial charge in [0, 0.05) is 16.5 Å². The SMILES string of the molecule is COc1c(C2=C(C(=O)O)CCCC2)cc(OC)c2c(OC)cccc12. The van der Waals surface area contributed by atoms with Gasteiger partial charge in [-0.25, -0.2) is 4.79 Å². The smallest absolute Gasteiger partial charge is 0.331 e. The summed E-state index contributed by atoms with van der Waals surface area (Å²) in [4.78, 5) is 11.7. The average molecular weight is 342 g/mol. The molecule has 0 spiro atoms. The van der Waals surface area contributed by atoms with E-state index in [1.807, 2.05) is 24.3 Å². The van der Waals surface area contributed by atoms with Crippen molar-refractivity contribution in [1.29, 1.82) is 0 Å². The Bertz CT molecular complexity index is 851. The molecule has 0 atom stereocenters. The monoisotopic (exact) mass is 342 g/mol. The number of aliphatic carboxylic acids is 1. The number of carbonyl (C=O) groups is 1. The Morgan fingerprint density at radius 3 is 2.36 bits per heavy atom. The highest BCUT2D eigenvalue weighted by atomic mass is 16.5. The van der Waals surface area contributed by atoms with E-state index in [4.69, 9.17) is 14.2 Å². The minimum atomic E-state index is -0.860. The van der Waals surface area contributed by atoms with Gasteiger partial charge in [0.05, 0.1) is 26.7 Å². The van der Waals surface area contributed by atoms with Gasteiger partial charge >= 0.3 is 5.97 Å². The average Bonchev–Trinajstić information content (AvgIpc) is 2.65. The fraction of sp³-hybridized carbons (Fsp3) is 0.350. The van der Waals surface area contributed by atoms with Crippen LogP contribution < -0.4 is 14.2 Å². The second kappa shape index (κ2) is 7.05. The zero-order valence-corrected chi connectivity index (χ0v) is 14.7. The molecule has 0 radical (unpaired) electrons. The van der Waals surface area contributed by atoms with Crippen molar-refractivity contribution in [2.24, 2.45) is 0 Å². The zero-order chi connectivity index (χ0) is 18.0. The van der Waals surface area contributed by atoms with Crippen molar-refractivity contribution in [1.82, 2.24) is 0 Å². The highest BCUT2D eigenvalue weighted by Gasteiger charge is 2.25. The van der Waals surface area contributed by atoms with Crippen LogP contribution in [0.5, 0.6) is 17.2 Å². The highest BCUT2D eigenvalue weighted by Crippen LogP contribution is 2.46. The van der Waals surface area contributed by atoms with Crippen LogP contribution in [0.15, 0.2) is 29.8 Å². The molecule has 0 bridgehead atoms. The highest BCUT2D eigenvalue weighted by molar-refractivity contribution is 6.04. The summed E-state index contributed by atoms with van der Waals surface area (Å²) < 4.78 is 16.8. The number of hydrogen-bond acceptors (Lipinski definition) is 4. The van der Waals surface area contributed by atoms with E-state index in [2.05, 4.69) is 0 Å². The first-order valence-corrected chi connectivity index (χ1v) is 8.29. The van der Waals surface area contributed by atoms with Crippen molar-refractivity contribution in [3.63, 3.8) is 0 Å². The second-order valence-corrected chi connectivity index (χ2v) is 6.01. The summed E-state index contributed by atoms with van der Waals surface area (Å²) in [6, 6.07) is 7.56. The van der Waals surface area contributed by atoms with Crippen molar-refractivity contribution in [2.45, 2.75) is 25.7 Å². The second-order valence-electron chi connectivity index (χ2n) is 6.01. The predicted molar refractivity (Wildman–Crippen MR) is 96.6 cm³/mol. The molecule has 1 aliphatic carbocycles. The third-order valence-electron chi connectivity index (χ3n) is 4.73. The number of benzene rings is 2. The molecule has 0 aliphatic heterocycles. The first-order chi connectivity index (χ1) is 12.1. The molecular formula is C20H22O5. The number of ether oxygens (including phenoxy) is 3. The summed E-state index contributed by atoms with van der Waals surface area (Å²) in [5.74, 6) is 1.13. The Morgan fingerprint density at radius 2 is 1.72 bits per heavy atom. The quantitative estimate of drug-likeness (QED) is 0.879. The maximum absolute atomic E-state index is 11.7. The minimum absolute atomic E-state index is 0.467. The van der Waals surface area contributed by atoms with E-state index in [0.717, 1.165) is 41.2 Å². The molecule has 0 saturated carbocycles. The van der Waals surface area contributed by atoms with Crippen LogP contribution >= 0.6 is 0 Å². The molecule has 1 aliphatic rings. The molecular weight excluding hydrogens is 320 g/mol. The lowest BCUT2D eigenvalue weighted by molar-refractivity contribution is -0.132. The van der Waals surface area contributed by atoms with Gasteiger partial charge < -0.3 is 19.3 Å². The van der Waals surface area contributed by atoms with Crippen LogP contribution in [-0.4, -0.2) is 32.4 Å². The zero-order valence-electron chi connectivity index (χ0n) is 14.7. The summed E-state index contributed by atoms with van der Waals surface area (Å²) in [5, 5.41) is 11.3. The molecule has 2 aromatic carbocycles. The van der Waals surface area contributed by atoms with E-state index in [0.29, 0.717) is 29.2 Å². The molecule has 2 aromatic rings. The number of carboxylic acids is 1. The summed E-state index contributed by atoms with van der Waals surface area (Å²) in [7, 11) is 4.82. The Kier molecular flexibility index (Phi) is 4.83. The van der Waals surface area contributed by atoms with Crippen LogP contribution in [0, 0.1) is 0 Å². The maximum Gasteiger partial charge on any atom is 0.331 e. The summed E-state index contributed by atoms with van der Waals surface area (Å²) in [5.41, 5.74) is 2.09. The topological polar surface area (TPSA) is 65.0 Å². The van der Waals surface area contributed by atoms with Crippen LogP contribution in [0.4, 0.5) is 0 Å². The molecule has 0 heterocycles. The van der Waals surface area contributed by atoms with Gasteiger partial charge in [-0.05, 0) is 43.4 Å². The summed E-state index contributed by atoms with van der Waals surface area (Å²) in [6.45, 7) is 0. The van der Waals surface area contributed by atoms with Crippen molar-refractivity contribution in [3.05, 3.63) is 35.4 Å². The van der Waals surface area contributed by atoms with Crippen LogP contribution in [0.2, 0.25) is 0 Å². The third kappa shape index (κ3) is 2.90. The van der Waals surface area contributed by atoms with E-state index in [1.165, 1.54) is 0 Å². The lowest BCUT2D eigenvalue weighted by Gasteiger charge is -2.22. The molecule has 0 fully saturated rings. The van der Waals surface area contributed by atoms with Gasteiger partial charge in [0.25, 0.3) is 0 Å². The normalized spacial score (nSPS) is 14.5. The standard InChI is InChI=1S/C20H22O5/c1-23-16-10-6-9-14-18(16)17(24-2)11-15(19(14)25-3)12-7-4-5-8-13(12)20(21)22/h6,9-11H,4-5,7-8H2,1-3H3,(H,21,22). The van der Waals surface area contributed by atoms with Crippen LogP contribution in [0.1, 0.15) is 31.2 Å². The number of allylic oxidation sites excluding steroid dienone is 1. The number of fused-ring (bicyclic) bond motifs is 1. The Morgan fingerprint density at radius 1 is 1.00 bits per heavy atom. The molecule has 5 heteroatoms. The van der Waals surface area contributed by atoms with E-state index in [9.17, 15) is 9.90 Å². The largest absolute Gasteiger partial charge is 0.496 e. The Labute approximate surface area is 146 Å². The van der Waals surface area contributed by atoms with Gasteiger partial charge in [-0.3, -0.25) is 0 Å². The Balaban J connectivity index is 2.38. The van der Waals surface area contributed by atoms with E-state index in [-0.39, 0.29) is 0 Å². The predicted octanol–water partition coefficient (Wildman–Crippen LogP) is 4.28. The van der Waals surface area contributed by atoms with Gasteiger partial charge in [-0.1, -0.05) is 12.1 Å². The molecule has 132 valence electrons. The molecule has 1 N–H and O–H groups in total. The maximum atomic E-state index is 11.7. The first-order valence-electron chi connectivity index (χ1n) is 8.29. The van der Waals surface area contributed by atoms with Gasteiger partial charge in [-0.15, -0.1) is 0 Å². The van der Waals surface area contributed by atoms with Crippen molar-refractivity contribution in [3.8, 4) is 17.2 Å². The van der Waals surface area contributed by atoms with Crippen LogP contribution in [0.3, 0.4) is 0 Å². The van der Waals surface area contributed by atoms with Gasteiger partial charge in [0.1, 0.15) is 17.2 Å².